The van der Waals surface area contributed by atoms with E-state index in [2.05, 4.69) is 15.6 Å². The molecule has 1 aromatic heterocycles. The van der Waals surface area contributed by atoms with Gasteiger partial charge in [0.25, 0.3) is 0 Å². The lowest BCUT2D eigenvalue weighted by Crippen LogP contribution is -2.21. The Bertz CT molecular complexity index is 904. The number of carbonyl (C=O) groups is 2. The number of rotatable bonds is 9. The molecule has 0 radical (unpaired) electrons. The zero-order chi connectivity index (χ0) is 20.4. The Balaban J connectivity index is 1.99. The predicted octanol–water partition coefficient (Wildman–Crippen LogP) is 1.86. The summed E-state index contributed by atoms with van der Waals surface area (Å²) in [7, 11) is 0. The van der Waals surface area contributed by atoms with Crippen LogP contribution in [0, 0.1) is 5.41 Å². The Hall–Kier alpha value is -3.78. The molecule has 6 N–H and O–H groups in total. The second-order valence-electron chi connectivity index (χ2n) is 5.75. The first-order valence-electron chi connectivity index (χ1n) is 8.40. The van der Waals surface area contributed by atoms with Crippen LogP contribution in [0.1, 0.15) is 16.7 Å². The molecule has 0 atom stereocenters. The fourth-order valence-electron chi connectivity index (χ4n) is 2.39. The topological polar surface area (TPSA) is 141 Å². The summed E-state index contributed by atoms with van der Waals surface area (Å²) in [5, 5.41) is 21.5. The molecule has 0 spiro atoms. The van der Waals surface area contributed by atoms with Crippen LogP contribution < -0.4 is 16.4 Å². The lowest BCUT2D eigenvalue weighted by Gasteiger charge is -2.06. The van der Waals surface area contributed by atoms with Gasteiger partial charge in [-0.1, -0.05) is 12.1 Å². The maximum Gasteiger partial charge on any atom is 0.317 e. The minimum absolute atomic E-state index is 0.112. The first-order chi connectivity index (χ1) is 13.5. The van der Waals surface area contributed by atoms with Crippen LogP contribution in [0.25, 0.3) is 11.6 Å². The van der Waals surface area contributed by atoms with Crippen LogP contribution in [0.5, 0.6) is 0 Å². The van der Waals surface area contributed by atoms with Crippen molar-refractivity contribution in [2.24, 2.45) is 5.73 Å². The van der Waals surface area contributed by atoms with Crippen molar-refractivity contribution < 1.29 is 14.7 Å². The molecule has 8 heteroatoms. The Morgan fingerprint density at radius 3 is 2.61 bits per heavy atom. The average molecular weight is 379 g/mol. The molecule has 0 unspecified atom stereocenters. The fraction of sp³-hybridized carbons (Fsp3) is 0.100. The molecule has 8 nitrogen and oxygen atoms in total. The molecule has 0 aliphatic carbocycles. The number of nitrogens with two attached hydrogens (primary N) is 1. The molecule has 28 heavy (non-hydrogen) atoms. The number of carbonyl (C=O) groups excluding carboxylic acids is 1. The molecule has 0 bridgehead atoms. The van der Waals surface area contributed by atoms with Gasteiger partial charge in [0.1, 0.15) is 0 Å². The maximum atomic E-state index is 12.2. The molecule has 0 saturated heterocycles. The van der Waals surface area contributed by atoms with Crippen LogP contribution in [0.15, 0.2) is 55.0 Å². The van der Waals surface area contributed by atoms with Crippen molar-refractivity contribution in [1.29, 1.82) is 5.41 Å². The van der Waals surface area contributed by atoms with Crippen molar-refractivity contribution in [2.45, 2.75) is 6.54 Å². The highest BCUT2D eigenvalue weighted by atomic mass is 16.4. The third-order valence-electron chi connectivity index (χ3n) is 3.74. The second kappa shape index (κ2) is 10.4. The lowest BCUT2D eigenvalue weighted by molar-refractivity contribution is -0.136. The van der Waals surface area contributed by atoms with Gasteiger partial charge in [-0.05, 0) is 35.4 Å². The number of nitrogens with one attached hydrogen (secondary N) is 3. The normalized spacial score (nSPS) is 11.4. The van der Waals surface area contributed by atoms with Crippen molar-refractivity contribution in [3.8, 4) is 0 Å². The van der Waals surface area contributed by atoms with Crippen LogP contribution in [0.2, 0.25) is 0 Å². The number of anilines is 1. The Morgan fingerprint density at radius 1 is 1.21 bits per heavy atom. The zero-order valence-corrected chi connectivity index (χ0v) is 15.1. The molecular weight excluding hydrogens is 358 g/mol. The summed E-state index contributed by atoms with van der Waals surface area (Å²) in [5.74, 6) is -1.23. The predicted molar refractivity (Wildman–Crippen MR) is 109 cm³/mol. The van der Waals surface area contributed by atoms with Gasteiger partial charge < -0.3 is 26.9 Å². The number of nitrogens with zero attached hydrogens (tertiary/aromatic N) is 1. The van der Waals surface area contributed by atoms with Gasteiger partial charge in [0, 0.05) is 54.3 Å². The molecule has 1 amide bonds. The number of allylic oxidation sites excluding steroid dienone is 1. The number of pyridine rings is 1. The third kappa shape index (κ3) is 6.19. The molecule has 0 aliphatic heterocycles. The summed E-state index contributed by atoms with van der Waals surface area (Å²) in [6.07, 6.45) is 8.62. The molecule has 0 fully saturated rings. The minimum atomic E-state index is -0.915. The van der Waals surface area contributed by atoms with Crippen LogP contribution in [0.3, 0.4) is 0 Å². The van der Waals surface area contributed by atoms with E-state index in [1.807, 2.05) is 0 Å². The highest BCUT2D eigenvalue weighted by Crippen LogP contribution is 2.17. The fourth-order valence-corrected chi connectivity index (χ4v) is 2.39. The van der Waals surface area contributed by atoms with Gasteiger partial charge in [-0.2, -0.15) is 0 Å². The minimum Gasteiger partial charge on any atom is -0.480 e. The third-order valence-corrected chi connectivity index (χ3v) is 3.74. The summed E-state index contributed by atoms with van der Waals surface area (Å²) in [4.78, 5) is 26.7. The number of aliphatic carboxylic acids is 1. The average Bonchev–Trinajstić information content (AvgIpc) is 2.69. The first kappa shape index (κ1) is 20.5. The highest BCUT2D eigenvalue weighted by Gasteiger charge is 2.05. The van der Waals surface area contributed by atoms with E-state index in [1.54, 1.807) is 48.8 Å². The number of carboxylic acid groups (broad SMARTS) is 1. The lowest BCUT2D eigenvalue weighted by atomic mass is 10.0. The van der Waals surface area contributed by atoms with Crippen LogP contribution in [0.4, 0.5) is 5.69 Å². The van der Waals surface area contributed by atoms with Gasteiger partial charge in [-0.3, -0.25) is 14.6 Å². The highest BCUT2D eigenvalue weighted by molar-refractivity contribution is 6.10. The van der Waals surface area contributed by atoms with Gasteiger partial charge in [-0.15, -0.1) is 0 Å². The summed E-state index contributed by atoms with van der Waals surface area (Å²) < 4.78 is 0. The monoisotopic (exact) mass is 379 g/mol. The van der Waals surface area contributed by atoms with Gasteiger partial charge in [0.05, 0.1) is 6.54 Å². The van der Waals surface area contributed by atoms with E-state index in [9.17, 15) is 9.59 Å². The first-order valence-corrected chi connectivity index (χ1v) is 8.40. The van der Waals surface area contributed by atoms with E-state index in [0.29, 0.717) is 28.9 Å². The van der Waals surface area contributed by atoms with E-state index >= 15 is 0 Å². The van der Waals surface area contributed by atoms with E-state index in [0.717, 1.165) is 11.8 Å². The van der Waals surface area contributed by atoms with E-state index in [4.69, 9.17) is 16.2 Å². The van der Waals surface area contributed by atoms with Gasteiger partial charge >= 0.3 is 5.97 Å². The van der Waals surface area contributed by atoms with Crippen molar-refractivity contribution >= 4 is 35.4 Å². The quantitative estimate of drug-likeness (QED) is 0.333. The molecule has 2 aromatic rings. The molecule has 0 aliphatic rings. The smallest absolute Gasteiger partial charge is 0.317 e. The van der Waals surface area contributed by atoms with Crippen molar-refractivity contribution in [1.82, 2.24) is 10.3 Å². The summed E-state index contributed by atoms with van der Waals surface area (Å²) in [6.45, 7) is 0.312. The summed E-state index contributed by atoms with van der Waals surface area (Å²) >= 11 is 0. The van der Waals surface area contributed by atoms with Crippen LogP contribution in [-0.2, 0) is 16.1 Å². The number of benzene rings is 1. The zero-order valence-electron chi connectivity index (χ0n) is 15.1. The summed E-state index contributed by atoms with van der Waals surface area (Å²) in [5.41, 5.74) is 8.94. The number of aromatic nitrogens is 1. The van der Waals surface area contributed by atoms with Crippen LogP contribution >= 0.6 is 0 Å². The van der Waals surface area contributed by atoms with Gasteiger partial charge in [0.2, 0.25) is 5.91 Å². The van der Waals surface area contributed by atoms with E-state index in [-0.39, 0.29) is 12.5 Å². The summed E-state index contributed by atoms with van der Waals surface area (Å²) in [6, 6.07) is 8.80. The van der Waals surface area contributed by atoms with Crippen molar-refractivity contribution in [2.75, 3.05) is 11.9 Å². The van der Waals surface area contributed by atoms with Crippen molar-refractivity contribution in [3.63, 3.8) is 0 Å². The standard InChI is InChI=1S/C20H21N5O3/c21-9-16(10-22)18-7-8-23-12-15(18)3-6-19(26)25-17-4-1-14(2-5-17)11-24-13-20(27)28/h1-10,12,21,24H,11,13,22H2,(H,25,26)(H,27,28)/b6-3+,16-10+,21-9?. The number of amides is 1. The number of carboxylic acids is 1. The molecule has 1 heterocycles. The molecule has 144 valence electrons. The number of hydrogen-bond acceptors (Lipinski definition) is 6. The Labute approximate surface area is 162 Å². The Kier molecular flexibility index (Phi) is 7.62. The molecule has 2 rings (SSSR count). The molecule has 1 aromatic carbocycles. The van der Waals surface area contributed by atoms with Crippen LogP contribution in [-0.4, -0.2) is 34.7 Å². The number of hydrogen-bond donors (Lipinski definition) is 5. The van der Waals surface area contributed by atoms with E-state index in [1.165, 1.54) is 12.3 Å². The van der Waals surface area contributed by atoms with Crippen molar-refractivity contribution in [3.05, 3.63) is 71.7 Å². The van der Waals surface area contributed by atoms with E-state index < -0.39 is 5.97 Å². The second-order valence-corrected chi connectivity index (χ2v) is 5.75. The molecule has 0 saturated carbocycles. The molecular formula is C20H21N5O3. The maximum absolute atomic E-state index is 12.2. The SMILES string of the molecule is N=C/C(=C\N)c1ccncc1/C=C/C(=O)Nc1ccc(CNCC(=O)O)cc1. The largest absolute Gasteiger partial charge is 0.480 e. The van der Waals surface area contributed by atoms with Gasteiger partial charge in [0.15, 0.2) is 0 Å². The Morgan fingerprint density at radius 2 is 1.96 bits per heavy atom. The van der Waals surface area contributed by atoms with Gasteiger partial charge in [-0.25, -0.2) is 0 Å².